The van der Waals surface area contributed by atoms with E-state index in [0.717, 1.165) is 24.3 Å². The highest BCUT2D eigenvalue weighted by Gasteiger charge is 2.57. The summed E-state index contributed by atoms with van der Waals surface area (Å²) in [7, 11) is 0. The maximum Gasteiger partial charge on any atom is 0.440 e. The first-order valence-electron chi connectivity index (χ1n) is 4.28. The van der Waals surface area contributed by atoms with Crippen molar-refractivity contribution in [3.05, 3.63) is 35.9 Å². The Labute approximate surface area is 93.5 Å². The van der Waals surface area contributed by atoms with Crippen LogP contribution >= 0.6 is 0 Å². The second-order valence-corrected chi connectivity index (χ2v) is 2.94. The van der Waals surface area contributed by atoms with E-state index in [4.69, 9.17) is 0 Å². The smallest absolute Gasteiger partial charge is 0.211 e. The molecule has 0 unspecified atom stereocenters. The maximum absolute atomic E-state index is 12.9. The molecule has 1 aromatic rings. The molecule has 0 aliphatic rings. The minimum atomic E-state index is -5.04. The average molecular weight is 242 g/mol. The van der Waals surface area contributed by atoms with Crippen LogP contribution in [0.15, 0.2) is 40.3 Å². The fourth-order valence-corrected chi connectivity index (χ4v) is 1.25. The zero-order chi connectivity index (χ0) is 12.9. The Morgan fingerprint density at radius 1 is 0.941 bits per heavy atom. The van der Waals surface area contributed by atoms with Gasteiger partial charge in [-0.15, -0.1) is 0 Å². The predicted molar refractivity (Wildman–Crippen MR) is 50.4 cm³/mol. The first-order valence-corrected chi connectivity index (χ1v) is 4.28. The van der Waals surface area contributed by atoms with Crippen LogP contribution in [-0.2, 0) is 15.3 Å². The summed E-state index contributed by atoms with van der Waals surface area (Å²) in [6.07, 6.45) is -3.48. The summed E-state index contributed by atoms with van der Waals surface area (Å²) in [5.74, 6) is 0. The topological polar surface area (TPSA) is 58.9 Å². The third-order valence-corrected chi connectivity index (χ3v) is 1.99. The Morgan fingerprint density at radius 2 is 1.41 bits per heavy atom. The van der Waals surface area contributed by atoms with Crippen LogP contribution in [0.3, 0.4) is 0 Å². The van der Waals surface area contributed by atoms with Gasteiger partial charge in [-0.1, -0.05) is 30.3 Å². The first-order chi connectivity index (χ1) is 7.98. The van der Waals surface area contributed by atoms with Crippen LogP contribution in [0.2, 0.25) is 0 Å². The van der Waals surface area contributed by atoms with Gasteiger partial charge in [0, 0.05) is 5.56 Å². The number of hydrogen-bond donors (Lipinski definition) is 0. The van der Waals surface area contributed by atoms with Crippen molar-refractivity contribution in [3.8, 4) is 0 Å². The van der Waals surface area contributed by atoms with E-state index in [9.17, 15) is 22.8 Å². The summed E-state index contributed by atoms with van der Waals surface area (Å²) in [6.45, 7) is 0. The normalized spacial score (nSPS) is 14.1. The second kappa shape index (κ2) is 4.74. The fourth-order valence-electron chi connectivity index (χ4n) is 1.25. The number of nitrogens with zero attached hydrogens (tertiary/aromatic N) is 2. The lowest BCUT2D eigenvalue weighted by Crippen LogP contribution is -2.38. The zero-order valence-corrected chi connectivity index (χ0v) is 8.23. The van der Waals surface area contributed by atoms with Crippen LogP contribution in [0.1, 0.15) is 5.56 Å². The quantitative estimate of drug-likeness (QED) is 0.601. The van der Waals surface area contributed by atoms with E-state index in [1.165, 1.54) is 18.2 Å². The van der Waals surface area contributed by atoms with Gasteiger partial charge in [-0.2, -0.15) is 23.2 Å². The molecule has 0 amide bonds. The molecule has 1 rings (SSSR count). The first kappa shape index (κ1) is 12.8. The third-order valence-electron chi connectivity index (χ3n) is 1.99. The predicted octanol–water partition coefficient (Wildman–Crippen LogP) is 2.07. The van der Waals surface area contributed by atoms with Gasteiger partial charge in [0.1, 0.15) is 0 Å². The molecule has 0 saturated heterocycles. The molecule has 7 heteroatoms. The molecule has 0 N–H and O–H groups in total. The van der Waals surface area contributed by atoms with Crippen LogP contribution < -0.4 is 0 Å². The highest BCUT2D eigenvalue weighted by Crippen LogP contribution is 2.42. The largest absolute Gasteiger partial charge is 0.440 e. The summed E-state index contributed by atoms with van der Waals surface area (Å²) in [6, 6.07) is 6.18. The molecule has 0 heterocycles. The molecule has 4 nitrogen and oxygen atoms in total. The van der Waals surface area contributed by atoms with Crippen molar-refractivity contribution >= 4 is 12.2 Å². The highest BCUT2D eigenvalue weighted by atomic mass is 19.4. The Morgan fingerprint density at radius 3 is 1.76 bits per heavy atom. The van der Waals surface area contributed by atoms with Crippen LogP contribution in [0.4, 0.5) is 13.2 Å². The van der Waals surface area contributed by atoms with E-state index in [-0.39, 0.29) is 0 Å². The van der Waals surface area contributed by atoms with Crippen LogP contribution in [0.25, 0.3) is 0 Å². The summed E-state index contributed by atoms with van der Waals surface area (Å²) >= 11 is 0. The summed E-state index contributed by atoms with van der Waals surface area (Å²) in [5.41, 5.74) is -3.73. The van der Waals surface area contributed by atoms with E-state index in [2.05, 4.69) is 9.98 Å². The lowest BCUT2D eigenvalue weighted by atomic mass is 10.0. The van der Waals surface area contributed by atoms with Crippen molar-refractivity contribution in [2.24, 2.45) is 9.98 Å². The molecule has 88 valence electrons. The minimum absolute atomic E-state index is 0.459. The fraction of sp³-hybridized carbons (Fsp3) is 0.200. The van der Waals surface area contributed by atoms with Gasteiger partial charge in [0.05, 0.1) is 0 Å². The Balaban J connectivity index is 3.57. The van der Waals surface area contributed by atoms with Gasteiger partial charge in [-0.05, 0) is 0 Å². The van der Waals surface area contributed by atoms with E-state index in [1.807, 2.05) is 0 Å². The molecule has 0 bridgehead atoms. The van der Waals surface area contributed by atoms with Gasteiger partial charge in [0.2, 0.25) is 12.2 Å². The number of isocyanates is 2. The molecule has 1 aromatic carbocycles. The molecule has 0 atom stereocenters. The number of rotatable bonds is 3. The molecule has 0 aliphatic carbocycles. The Kier molecular flexibility index (Phi) is 3.58. The lowest BCUT2D eigenvalue weighted by Gasteiger charge is -2.25. The summed E-state index contributed by atoms with van der Waals surface area (Å²) < 4.78 is 38.7. The van der Waals surface area contributed by atoms with E-state index in [0.29, 0.717) is 0 Å². The second-order valence-electron chi connectivity index (χ2n) is 2.94. The Bertz CT molecular complexity index is 468. The van der Waals surface area contributed by atoms with E-state index >= 15 is 0 Å². The van der Waals surface area contributed by atoms with Crippen LogP contribution in [0.5, 0.6) is 0 Å². The Hall–Kier alpha value is -2.23. The zero-order valence-electron chi connectivity index (χ0n) is 8.23. The van der Waals surface area contributed by atoms with Gasteiger partial charge in [-0.25, -0.2) is 9.59 Å². The SMILES string of the molecule is O=C=NC(N=C=O)(c1ccccc1)C(F)(F)F. The molecular weight excluding hydrogens is 237 g/mol. The monoisotopic (exact) mass is 242 g/mol. The van der Waals surface area contributed by atoms with Gasteiger partial charge < -0.3 is 0 Å². The van der Waals surface area contributed by atoms with E-state index in [1.54, 1.807) is 0 Å². The van der Waals surface area contributed by atoms with Gasteiger partial charge in [-0.3, -0.25) is 0 Å². The summed E-state index contributed by atoms with van der Waals surface area (Å²) in [4.78, 5) is 25.5. The van der Waals surface area contributed by atoms with Crippen molar-refractivity contribution in [2.75, 3.05) is 0 Å². The highest BCUT2D eigenvalue weighted by molar-refractivity contribution is 5.43. The molecular formula is C10H5F3N2O2. The van der Waals surface area contributed by atoms with Gasteiger partial charge in [0.25, 0.3) is 5.66 Å². The van der Waals surface area contributed by atoms with Crippen molar-refractivity contribution in [3.63, 3.8) is 0 Å². The standard InChI is InChI=1S/C10H5F3N2O2/c11-10(12,13)9(14-6-16,15-7-17)8-4-2-1-3-5-8/h1-5H. The number of hydrogen-bond acceptors (Lipinski definition) is 4. The number of halogens is 3. The third kappa shape index (κ3) is 2.30. The molecule has 17 heavy (non-hydrogen) atoms. The molecule has 0 aromatic heterocycles. The van der Waals surface area contributed by atoms with Crippen LogP contribution in [0, 0.1) is 0 Å². The van der Waals surface area contributed by atoms with Crippen molar-refractivity contribution in [1.29, 1.82) is 0 Å². The average Bonchev–Trinajstić information content (AvgIpc) is 2.28. The van der Waals surface area contributed by atoms with Gasteiger partial charge in [0.15, 0.2) is 0 Å². The molecule has 0 fully saturated rings. The number of alkyl halides is 3. The molecule has 0 aliphatic heterocycles. The van der Waals surface area contributed by atoms with Crippen molar-refractivity contribution in [2.45, 2.75) is 11.8 Å². The van der Waals surface area contributed by atoms with Crippen molar-refractivity contribution in [1.82, 2.24) is 0 Å². The lowest BCUT2D eigenvalue weighted by molar-refractivity contribution is -0.186. The summed E-state index contributed by atoms with van der Waals surface area (Å²) in [5, 5.41) is 0. The van der Waals surface area contributed by atoms with Gasteiger partial charge >= 0.3 is 6.18 Å². The molecule has 0 radical (unpaired) electrons. The van der Waals surface area contributed by atoms with Crippen molar-refractivity contribution < 1.29 is 22.8 Å². The van der Waals surface area contributed by atoms with E-state index < -0.39 is 17.4 Å². The minimum Gasteiger partial charge on any atom is -0.211 e. The molecule has 0 saturated carbocycles. The number of carbonyl (C=O) groups excluding carboxylic acids is 2. The number of aliphatic imine (C=N–C) groups is 2. The number of benzene rings is 1. The molecule has 0 spiro atoms. The maximum atomic E-state index is 12.9. The van der Waals surface area contributed by atoms with Crippen LogP contribution in [-0.4, -0.2) is 18.3 Å².